The van der Waals surface area contributed by atoms with Gasteiger partial charge < -0.3 is 10.4 Å². The van der Waals surface area contributed by atoms with Gasteiger partial charge in [0.2, 0.25) is 0 Å². The molecule has 1 heterocycles. The lowest BCUT2D eigenvalue weighted by atomic mass is 10.0. The number of carbonyl (C=O) groups is 2. The number of carboxylic acid groups (broad SMARTS) is 1. The van der Waals surface area contributed by atoms with Crippen molar-refractivity contribution in [3.05, 3.63) is 46.7 Å². The second kappa shape index (κ2) is 7.70. The van der Waals surface area contributed by atoms with Gasteiger partial charge in [-0.05, 0) is 38.0 Å². The van der Waals surface area contributed by atoms with Gasteiger partial charge in [0.05, 0.1) is 29.1 Å². The molecule has 0 saturated heterocycles. The minimum Gasteiger partial charge on any atom is -0.481 e. The van der Waals surface area contributed by atoms with Crippen LogP contribution in [0.15, 0.2) is 30.5 Å². The van der Waals surface area contributed by atoms with Crippen molar-refractivity contribution in [2.24, 2.45) is 5.92 Å². The molecule has 2 rings (SSSR count). The van der Waals surface area contributed by atoms with Crippen molar-refractivity contribution in [2.75, 3.05) is 0 Å². The SMILES string of the molecule is CC(C)c1c(C(=O)NC(C)C(C)C(=O)O)cnn1-c1cccc(Cl)c1. The maximum Gasteiger partial charge on any atom is 0.308 e. The van der Waals surface area contributed by atoms with Crippen LogP contribution >= 0.6 is 11.6 Å². The highest BCUT2D eigenvalue weighted by atomic mass is 35.5. The van der Waals surface area contributed by atoms with E-state index in [4.69, 9.17) is 16.7 Å². The molecule has 0 fully saturated rings. The Morgan fingerprint density at radius 3 is 2.48 bits per heavy atom. The first-order chi connectivity index (χ1) is 11.7. The van der Waals surface area contributed by atoms with Crippen LogP contribution in [0.5, 0.6) is 0 Å². The van der Waals surface area contributed by atoms with Crippen LogP contribution in [0.3, 0.4) is 0 Å². The van der Waals surface area contributed by atoms with Crippen LogP contribution in [0.25, 0.3) is 5.69 Å². The Bertz CT molecular complexity index is 786. The zero-order chi connectivity index (χ0) is 18.7. The van der Waals surface area contributed by atoms with Gasteiger partial charge in [-0.15, -0.1) is 0 Å². The predicted octanol–water partition coefficient (Wildman–Crippen LogP) is 3.49. The number of nitrogens with one attached hydrogen (secondary N) is 1. The topological polar surface area (TPSA) is 84.2 Å². The van der Waals surface area contributed by atoms with Crippen LogP contribution in [0, 0.1) is 5.92 Å². The second-order valence-electron chi connectivity index (χ2n) is 6.38. The summed E-state index contributed by atoms with van der Waals surface area (Å²) in [6, 6.07) is 6.73. The zero-order valence-corrected chi connectivity index (χ0v) is 15.4. The summed E-state index contributed by atoms with van der Waals surface area (Å²) in [6.07, 6.45) is 1.50. The molecule has 25 heavy (non-hydrogen) atoms. The van der Waals surface area contributed by atoms with Gasteiger partial charge in [0, 0.05) is 11.1 Å². The molecule has 2 atom stereocenters. The number of rotatable bonds is 6. The summed E-state index contributed by atoms with van der Waals surface area (Å²) in [4.78, 5) is 23.7. The first-order valence-corrected chi connectivity index (χ1v) is 8.47. The summed E-state index contributed by atoms with van der Waals surface area (Å²) >= 11 is 6.05. The molecule has 1 aromatic heterocycles. The van der Waals surface area contributed by atoms with Crippen molar-refractivity contribution >= 4 is 23.5 Å². The highest BCUT2D eigenvalue weighted by molar-refractivity contribution is 6.30. The second-order valence-corrected chi connectivity index (χ2v) is 6.82. The third-order valence-electron chi connectivity index (χ3n) is 4.15. The number of hydrogen-bond donors (Lipinski definition) is 2. The smallest absolute Gasteiger partial charge is 0.308 e. The Labute approximate surface area is 151 Å². The lowest BCUT2D eigenvalue weighted by Gasteiger charge is -2.18. The van der Waals surface area contributed by atoms with Gasteiger partial charge in [0.25, 0.3) is 5.91 Å². The molecular formula is C18H22ClN3O3. The van der Waals surface area contributed by atoms with Gasteiger partial charge in [0.15, 0.2) is 0 Å². The Morgan fingerprint density at radius 1 is 1.24 bits per heavy atom. The highest BCUT2D eigenvalue weighted by Crippen LogP contribution is 2.24. The van der Waals surface area contributed by atoms with Crippen molar-refractivity contribution in [1.82, 2.24) is 15.1 Å². The van der Waals surface area contributed by atoms with E-state index in [1.165, 1.54) is 6.20 Å². The van der Waals surface area contributed by atoms with E-state index in [9.17, 15) is 9.59 Å². The lowest BCUT2D eigenvalue weighted by molar-refractivity contribution is -0.141. The van der Waals surface area contributed by atoms with Gasteiger partial charge in [0.1, 0.15) is 0 Å². The van der Waals surface area contributed by atoms with Gasteiger partial charge in [-0.25, -0.2) is 4.68 Å². The molecule has 2 aromatic rings. The number of aliphatic carboxylic acids is 1. The minimum atomic E-state index is -0.952. The van der Waals surface area contributed by atoms with E-state index in [1.54, 1.807) is 30.7 Å². The van der Waals surface area contributed by atoms with E-state index in [0.717, 1.165) is 11.4 Å². The molecule has 0 spiro atoms. The lowest BCUT2D eigenvalue weighted by Crippen LogP contribution is -2.40. The first-order valence-electron chi connectivity index (χ1n) is 8.10. The van der Waals surface area contributed by atoms with Crippen LogP contribution in [-0.4, -0.2) is 32.8 Å². The molecule has 2 unspecified atom stereocenters. The normalized spacial score (nSPS) is 13.5. The van der Waals surface area contributed by atoms with Crippen molar-refractivity contribution in [2.45, 2.75) is 39.7 Å². The van der Waals surface area contributed by atoms with Crippen LogP contribution in [0.1, 0.15) is 49.7 Å². The molecule has 1 aromatic carbocycles. The van der Waals surface area contributed by atoms with Crippen LogP contribution < -0.4 is 5.32 Å². The van der Waals surface area contributed by atoms with Crippen LogP contribution in [0.2, 0.25) is 5.02 Å². The van der Waals surface area contributed by atoms with Crippen molar-refractivity contribution in [3.63, 3.8) is 0 Å². The van der Waals surface area contributed by atoms with Crippen LogP contribution in [0.4, 0.5) is 0 Å². The highest BCUT2D eigenvalue weighted by Gasteiger charge is 2.25. The number of nitrogens with zero attached hydrogens (tertiary/aromatic N) is 2. The number of halogens is 1. The average Bonchev–Trinajstić information content (AvgIpc) is 2.99. The van der Waals surface area contributed by atoms with Crippen molar-refractivity contribution in [3.8, 4) is 5.69 Å². The largest absolute Gasteiger partial charge is 0.481 e. The molecule has 0 aliphatic rings. The molecule has 0 radical (unpaired) electrons. The van der Waals surface area contributed by atoms with Crippen molar-refractivity contribution in [1.29, 1.82) is 0 Å². The number of amides is 1. The van der Waals surface area contributed by atoms with E-state index >= 15 is 0 Å². The van der Waals surface area contributed by atoms with E-state index < -0.39 is 17.9 Å². The number of benzene rings is 1. The molecule has 7 heteroatoms. The van der Waals surface area contributed by atoms with E-state index in [2.05, 4.69) is 10.4 Å². The van der Waals surface area contributed by atoms with E-state index in [0.29, 0.717) is 10.6 Å². The quantitative estimate of drug-likeness (QED) is 0.822. The average molecular weight is 364 g/mol. The van der Waals surface area contributed by atoms with Gasteiger partial charge in [-0.2, -0.15) is 5.10 Å². The Morgan fingerprint density at radius 2 is 1.92 bits per heavy atom. The molecule has 2 N–H and O–H groups in total. The fourth-order valence-corrected chi connectivity index (χ4v) is 2.71. The van der Waals surface area contributed by atoms with E-state index in [-0.39, 0.29) is 11.8 Å². The summed E-state index contributed by atoms with van der Waals surface area (Å²) in [5.41, 5.74) is 1.94. The summed E-state index contributed by atoms with van der Waals surface area (Å²) < 4.78 is 1.69. The predicted molar refractivity (Wildman–Crippen MR) is 96.4 cm³/mol. The van der Waals surface area contributed by atoms with Gasteiger partial charge in [-0.1, -0.05) is 31.5 Å². The third kappa shape index (κ3) is 4.20. The van der Waals surface area contributed by atoms with Crippen molar-refractivity contribution < 1.29 is 14.7 Å². The number of hydrogen-bond acceptors (Lipinski definition) is 3. The first kappa shape index (κ1) is 19.0. The van der Waals surface area contributed by atoms with Gasteiger partial charge >= 0.3 is 5.97 Å². The summed E-state index contributed by atoms with van der Waals surface area (Å²) in [7, 11) is 0. The monoisotopic (exact) mass is 363 g/mol. The third-order valence-corrected chi connectivity index (χ3v) is 4.38. The molecule has 1 amide bonds. The fraction of sp³-hybridized carbons (Fsp3) is 0.389. The zero-order valence-electron chi connectivity index (χ0n) is 14.7. The van der Waals surface area contributed by atoms with Gasteiger partial charge in [-0.3, -0.25) is 9.59 Å². The molecule has 0 aliphatic heterocycles. The standard InChI is InChI=1S/C18H22ClN3O3/c1-10(2)16-15(17(23)21-12(4)11(3)18(24)25)9-20-22(16)14-7-5-6-13(19)8-14/h5-12H,1-4H3,(H,21,23)(H,24,25). The Kier molecular flexibility index (Phi) is 5.85. The van der Waals surface area contributed by atoms with E-state index in [1.807, 2.05) is 26.0 Å². The molecular weight excluding hydrogens is 342 g/mol. The maximum absolute atomic E-state index is 12.6. The maximum atomic E-state index is 12.6. The molecule has 0 bridgehead atoms. The Hall–Kier alpha value is -2.34. The fourth-order valence-electron chi connectivity index (χ4n) is 2.53. The molecule has 0 saturated carbocycles. The summed E-state index contributed by atoms with van der Waals surface area (Å²) in [6.45, 7) is 7.18. The molecule has 6 nitrogen and oxygen atoms in total. The number of carbonyl (C=O) groups excluding carboxylic acids is 1. The molecule has 0 aliphatic carbocycles. The summed E-state index contributed by atoms with van der Waals surface area (Å²) in [5, 5.41) is 16.7. The minimum absolute atomic E-state index is 0.0365. The summed E-state index contributed by atoms with van der Waals surface area (Å²) in [5.74, 6) is -1.94. The Balaban J connectivity index is 2.36. The molecule has 134 valence electrons. The number of carboxylic acids is 1. The number of aromatic nitrogens is 2. The van der Waals surface area contributed by atoms with Crippen LogP contribution in [-0.2, 0) is 4.79 Å².